The summed E-state index contributed by atoms with van der Waals surface area (Å²) in [6, 6.07) is 0.152. The fourth-order valence-corrected chi connectivity index (χ4v) is 1.90. The third-order valence-electron chi connectivity index (χ3n) is 2.94. The summed E-state index contributed by atoms with van der Waals surface area (Å²) < 4.78 is 0. The van der Waals surface area contributed by atoms with Crippen LogP contribution in [0.2, 0.25) is 0 Å². The van der Waals surface area contributed by atoms with Crippen LogP contribution in [-0.2, 0) is 0 Å². The molecule has 0 radical (unpaired) electrons. The van der Waals surface area contributed by atoms with E-state index in [9.17, 15) is 4.79 Å². The normalized spacial score (nSPS) is 18.7. The highest BCUT2D eigenvalue weighted by Crippen LogP contribution is 2.09. The number of rotatable bonds is 4. The Morgan fingerprint density at radius 2 is 2.07 bits per heavy atom. The lowest BCUT2D eigenvalue weighted by Crippen LogP contribution is -2.46. The van der Waals surface area contributed by atoms with Crippen LogP contribution in [0.4, 0.5) is 4.79 Å². The summed E-state index contributed by atoms with van der Waals surface area (Å²) in [4.78, 5) is 13.7. The second kappa shape index (κ2) is 6.67. The lowest BCUT2D eigenvalue weighted by atomic mass is 10.1. The molecule has 0 aromatic rings. The summed E-state index contributed by atoms with van der Waals surface area (Å²) >= 11 is 0. The number of urea groups is 1. The molecule has 4 nitrogen and oxygen atoms in total. The topological polar surface area (TPSA) is 52.6 Å². The highest BCUT2D eigenvalue weighted by Gasteiger charge is 2.18. The van der Waals surface area contributed by atoms with Gasteiger partial charge in [-0.05, 0) is 32.1 Å². The van der Waals surface area contributed by atoms with Crippen molar-refractivity contribution in [1.29, 1.82) is 0 Å². The van der Waals surface area contributed by atoms with Crippen LogP contribution in [-0.4, -0.2) is 41.8 Å². The van der Waals surface area contributed by atoms with Gasteiger partial charge in [-0.1, -0.05) is 6.92 Å². The number of likely N-dealkylation sites (tertiary alicyclic amines) is 1. The Balaban J connectivity index is 2.31. The molecule has 1 saturated heterocycles. The van der Waals surface area contributed by atoms with E-state index < -0.39 is 0 Å². The van der Waals surface area contributed by atoms with Crippen LogP contribution < -0.4 is 5.32 Å². The van der Waals surface area contributed by atoms with Gasteiger partial charge in [-0.25, -0.2) is 4.79 Å². The first-order valence-corrected chi connectivity index (χ1v) is 5.94. The quantitative estimate of drug-likeness (QED) is 0.742. The number of carbonyl (C=O) groups is 1. The van der Waals surface area contributed by atoms with E-state index in [0.717, 1.165) is 32.4 Å². The molecule has 0 aromatic heterocycles. The maximum absolute atomic E-state index is 11.8. The monoisotopic (exact) mass is 214 g/mol. The van der Waals surface area contributed by atoms with Gasteiger partial charge in [-0.15, -0.1) is 0 Å². The van der Waals surface area contributed by atoms with E-state index in [4.69, 9.17) is 5.11 Å². The summed E-state index contributed by atoms with van der Waals surface area (Å²) in [6.45, 7) is 3.92. The first kappa shape index (κ1) is 12.3. The second-order valence-electron chi connectivity index (χ2n) is 4.11. The van der Waals surface area contributed by atoms with Gasteiger partial charge < -0.3 is 15.3 Å². The van der Waals surface area contributed by atoms with Crippen molar-refractivity contribution in [3.63, 3.8) is 0 Å². The molecule has 0 aromatic carbocycles. The largest absolute Gasteiger partial charge is 0.396 e. The third-order valence-corrected chi connectivity index (χ3v) is 2.94. The molecular weight excluding hydrogens is 192 g/mol. The molecule has 1 fully saturated rings. The van der Waals surface area contributed by atoms with Crippen LogP contribution in [0.3, 0.4) is 0 Å². The van der Waals surface area contributed by atoms with E-state index in [-0.39, 0.29) is 18.7 Å². The summed E-state index contributed by atoms with van der Waals surface area (Å²) in [5.41, 5.74) is 0. The van der Waals surface area contributed by atoms with E-state index in [1.165, 1.54) is 6.42 Å². The van der Waals surface area contributed by atoms with Gasteiger partial charge in [0.05, 0.1) is 0 Å². The molecule has 2 amide bonds. The third kappa shape index (κ3) is 4.08. The average molecular weight is 214 g/mol. The SMILES string of the molecule is CCC(CCO)NC(=O)N1CCCCC1. The van der Waals surface area contributed by atoms with E-state index >= 15 is 0 Å². The molecular formula is C11H22N2O2. The molecule has 2 N–H and O–H groups in total. The molecule has 1 heterocycles. The van der Waals surface area contributed by atoms with Gasteiger partial charge in [-0.3, -0.25) is 0 Å². The molecule has 1 aliphatic heterocycles. The average Bonchev–Trinajstić information content (AvgIpc) is 2.29. The Morgan fingerprint density at radius 3 is 2.60 bits per heavy atom. The predicted molar refractivity (Wildman–Crippen MR) is 59.7 cm³/mol. The minimum atomic E-state index is 0.0370. The maximum Gasteiger partial charge on any atom is 0.317 e. The number of hydrogen-bond acceptors (Lipinski definition) is 2. The lowest BCUT2D eigenvalue weighted by Gasteiger charge is -2.28. The van der Waals surface area contributed by atoms with Gasteiger partial charge in [0.2, 0.25) is 0 Å². The van der Waals surface area contributed by atoms with E-state index in [2.05, 4.69) is 5.32 Å². The molecule has 1 aliphatic rings. The molecule has 4 heteroatoms. The molecule has 1 unspecified atom stereocenters. The number of carbonyl (C=O) groups excluding carboxylic acids is 1. The Bertz CT molecular complexity index is 191. The summed E-state index contributed by atoms with van der Waals surface area (Å²) in [5.74, 6) is 0. The van der Waals surface area contributed by atoms with E-state index in [1.54, 1.807) is 0 Å². The minimum Gasteiger partial charge on any atom is -0.396 e. The number of aliphatic hydroxyl groups is 1. The zero-order valence-electron chi connectivity index (χ0n) is 9.54. The van der Waals surface area contributed by atoms with Crippen LogP contribution in [0.5, 0.6) is 0 Å². The predicted octanol–water partition coefficient (Wildman–Crippen LogP) is 1.34. The maximum atomic E-state index is 11.8. The number of amides is 2. The smallest absolute Gasteiger partial charge is 0.317 e. The molecule has 0 saturated carbocycles. The van der Waals surface area contributed by atoms with Gasteiger partial charge in [-0.2, -0.15) is 0 Å². The zero-order chi connectivity index (χ0) is 11.1. The Morgan fingerprint density at radius 1 is 1.40 bits per heavy atom. The van der Waals surface area contributed by atoms with Crippen LogP contribution in [0.25, 0.3) is 0 Å². The fourth-order valence-electron chi connectivity index (χ4n) is 1.90. The first-order valence-electron chi connectivity index (χ1n) is 5.94. The standard InChI is InChI=1S/C11H22N2O2/c1-2-10(6-9-14)12-11(15)13-7-4-3-5-8-13/h10,14H,2-9H2,1H3,(H,12,15). The minimum absolute atomic E-state index is 0.0370. The van der Waals surface area contributed by atoms with Crippen molar-refractivity contribution in [2.24, 2.45) is 0 Å². The highest BCUT2D eigenvalue weighted by molar-refractivity contribution is 5.74. The van der Waals surface area contributed by atoms with Crippen LogP contribution in [0, 0.1) is 0 Å². The van der Waals surface area contributed by atoms with Crippen molar-refractivity contribution in [2.75, 3.05) is 19.7 Å². The summed E-state index contributed by atoms with van der Waals surface area (Å²) in [5, 5.41) is 11.8. The van der Waals surface area contributed by atoms with Gasteiger partial charge in [0.15, 0.2) is 0 Å². The van der Waals surface area contributed by atoms with Gasteiger partial charge >= 0.3 is 6.03 Å². The molecule has 0 bridgehead atoms. The van der Waals surface area contributed by atoms with Crippen LogP contribution in [0.15, 0.2) is 0 Å². The fraction of sp³-hybridized carbons (Fsp3) is 0.909. The second-order valence-corrected chi connectivity index (χ2v) is 4.11. The van der Waals surface area contributed by atoms with Crippen LogP contribution in [0.1, 0.15) is 39.0 Å². The molecule has 88 valence electrons. The van der Waals surface area contributed by atoms with Crippen LogP contribution >= 0.6 is 0 Å². The van der Waals surface area contributed by atoms with Crippen molar-refractivity contribution in [3.8, 4) is 0 Å². The van der Waals surface area contributed by atoms with Crippen molar-refractivity contribution in [1.82, 2.24) is 10.2 Å². The number of piperidine rings is 1. The number of hydrogen-bond donors (Lipinski definition) is 2. The number of aliphatic hydroxyl groups excluding tert-OH is 1. The van der Waals surface area contributed by atoms with Gasteiger partial charge in [0, 0.05) is 25.7 Å². The molecule has 0 aliphatic carbocycles. The Hall–Kier alpha value is -0.770. The van der Waals surface area contributed by atoms with Crippen molar-refractivity contribution < 1.29 is 9.90 Å². The number of nitrogens with zero attached hydrogens (tertiary/aromatic N) is 1. The molecule has 0 spiro atoms. The van der Waals surface area contributed by atoms with Crippen molar-refractivity contribution >= 4 is 6.03 Å². The summed E-state index contributed by atoms with van der Waals surface area (Å²) in [7, 11) is 0. The molecule has 1 rings (SSSR count). The Labute approximate surface area is 91.6 Å². The van der Waals surface area contributed by atoms with E-state index in [1.807, 2.05) is 11.8 Å². The molecule has 1 atom stereocenters. The first-order chi connectivity index (χ1) is 7.27. The van der Waals surface area contributed by atoms with Crippen molar-refractivity contribution in [2.45, 2.75) is 45.1 Å². The highest BCUT2D eigenvalue weighted by atomic mass is 16.3. The van der Waals surface area contributed by atoms with Gasteiger partial charge in [0.25, 0.3) is 0 Å². The zero-order valence-corrected chi connectivity index (χ0v) is 9.54. The summed E-state index contributed by atoms with van der Waals surface area (Å²) in [6.07, 6.45) is 4.99. The Kier molecular flexibility index (Phi) is 5.47. The number of nitrogens with one attached hydrogen (secondary N) is 1. The van der Waals surface area contributed by atoms with Gasteiger partial charge in [0.1, 0.15) is 0 Å². The molecule has 15 heavy (non-hydrogen) atoms. The lowest BCUT2D eigenvalue weighted by molar-refractivity contribution is 0.178. The van der Waals surface area contributed by atoms with Crippen molar-refractivity contribution in [3.05, 3.63) is 0 Å². The van der Waals surface area contributed by atoms with E-state index in [0.29, 0.717) is 6.42 Å².